The van der Waals surface area contributed by atoms with E-state index in [9.17, 15) is 0 Å². The second-order valence-electron chi connectivity index (χ2n) is 5.91. The second kappa shape index (κ2) is 10.2. The molecule has 26 heavy (non-hydrogen) atoms. The number of aromatic nitrogens is 1. The quantitative estimate of drug-likeness (QED) is 0.421. The SMILES string of the molecule is CCN(CC)CCSc1cc(-c2ccccc2)nc2cc(Cl)ccc12.Cl. The fourth-order valence-corrected chi connectivity index (χ4v) is 4.13. The van der Waals surface area contributed by atoms with Gasteiger partial charge in [0.1, 0.15) is 0 Å². The van der Waals surface area contributed by atoms with Crippen LogP contribution in [0.3, 0.4) is 0 Å². The van der Waals surface area contributed by atoms with Crippen molar-refractivity contribution in [3.8, 4) is 11.3 Å². The molecule has 0 fully saturated rings. The largest absolute Gasteiger partial charge is 0.303 e. The van der Waals surface area contributed by atoms with E-state index >= 15 is 0 Å². The molecule has 0 aliphatic heterocycles. The maximum Gasteiger partial charge on any atom is 0.0735 e. The number of hydrogen-bond donors (Lipinski definition) is 0. The molecule has 0 saturated carbocycles. The summed E-state index contributed by atoms with van der Waals surface area (Å²) in [4.78, 5) is 8.56. The third-order valence-corrected chi connectivity index (χ3v) is 5.63. The highest BCUT2D eigenvalue weighted by molar-refractivity contribution is 7.99. The van der Waals surface area contributed by atoms with Crippen molar-refractivity contribution in [2.24, 2.45) is 0 Å². The molecule has 0 amide bonds. The van der Waals surface area contributed by atoms with Gasteiger partial charge in [-0.2, -0.15) is 0 Å². The Balaban J connectivity index is 0.00000243. The highest BCUT2D eigenvalue weighted by Crippen LogP contribution is 2.32. The maximum absolute atomic E-state index is 6.20. The van der Waals surface area contributed by atoms with Crippen LogP contribution in [-0.2, 0) is 0 Å². The Bertz CT molecular complexity index is 836. The first kappa shape index (κ1) is 21.0. The molecule has 0 radical (unpaired) electrons. The predicted molar refractivity (Wildman–Crippen MR) is 118 cm³/mol. The molecule has 3 aromatic rings. The highest BCUT2D eigenvalue weighted by atomic mass is 35.5. The van der Waals surface area contributed by atoms with Crippen LogP contribution in [0.4, 0.5) is 0 Å². The molecule has 5 heteroatoms. The fourth-order valence-electron chi connectivity index (χ4n) is 2.87. The lowest BCUT2D eigenvalue weighted by atomic mass is 10.1. The topological polar surface area (TPSA) is 16.1 Å². The minimum absolute atomic E-state index is 0. The number of halogens is 2. The van der Waals surface area contributed by atoms with Crippen LogP contribution >= 0.6 is 35.8 Å². The van der Waals surface area contributed by atoms with Crippen molar-refractivity contribution in [2.45, 2.75) is 18.7 Å². The monoisotopic (exact) mass is 406 g/mol. The first-order valence-corrected chi connectivity index (χ1v) is 10.1. The van der Waals surface area contributed by atoms with Crippen molar-refractivity contribution >= 4 is 46.7 Å². The van der Waals surface area contributed by atoms with Gasteiger partial charge in [-0.1, -0.05) is 61.8 Å². The fraction of sp³-hybridized carbons (Fsp3) is 0.286. The first-order valence-electron chi connectivity index (χ1n) is 8.72. The Labute approximate surface area is 171 Å². The van der Waals surface area contributed by atoms with Gasteiger partial charge >= 0.3 is 0 Å². The van der Waals surface area contributed by atoms with Crippen LogP contribution in [0.25, 0.3) is 22.2 Å². The number of benzene rings is 2. The summed E-state index contributed by atoms with van der Waals surface area (Å²) in [7, 11) is 0. The Kier molecular flexibility index (Phi) is 8.23. The zero-order chi connectivity index (χ0) is 17.6. The summed E-state index contributed by atoms with van der Waals surface area (Å²) in [5, 5.41) is 1.90. The molecule has 0 saturated heterocycles. The lowest BCUT2D eigenvalue weighted by Crippen LogP contribution is -2.25. The number of nitrogens with zero attached hydrogens (tertiary/aromatic N) is 2. The molecule has 0 atom stereocenters. The van der Waals surface area contributed by atoms with E-state index in [4.69, 9.17) is 16.6 Å². The standard InChI is InChI=1S/C21H23ClN2S.ClH/c1-3-24(4-2)12-13-25-21-15-19(16-8-6-5-7-9-16)23-20-14-17(22)10-11-18(20)21;/h5-11,14-15H,3-4,12-13H2,1-2H3;1H. The van der Waals surface area contributed by atoms with Crippen LogP contribution in [0.15, 0.2) is 59.5 Å². The molecule has 1 heterocycles. The smallest absolute Gasteiger partial charge is 0.0735 e. The minimum Gasteiger partial charge on any atom is -0.303 e. The average Bonchev–Trinajstić information content (AvgIpc) is 2.65. The van der Waals surface area contributed by atoms with Gasteiger partial charge in [0, 0.05) is 33.2 Å². The molecule has 0 spiro atoms. The van der Waals surface area contributed by atoms with Crippen molar-refractivity contribution in [3.05, 3.63) is 59.6 Å². The number of rotatable bonds is 7. The van der Waals surface area contributed by atoms with Crippen molar-refractivity contribution < 1.29 is 0 Å². The van der Waals surface area contributed by atoms with Gasteiger partial charge in [0.25, 0.3) is 0 Å². The van der Waals surface area contributed by atoms with Crippen molar-refractivity contribution in [3.63, 3.8) is 0 Å². The summed E-state index contributed by atoms with van der Waals surface area (Å²) in [6.07, 6.45) is 0. The van der Waals surface area contributed by atoms with Gasteiger partial charge in [-0.05, 0) is 31.3 Å². The number of hydrogen-bond acceptors (Lipinski definition) is 3. The molecule has 3 rings (SSSR count). The lowest BCUT2D eigenvalue weighted by molar-refractivity contribution is 0.324. The van der Waals surface area contributed by atoms with Gasteiger partial charge in [0.2, 0.25) is 0 Å². The van der Waals surface area contributed by atoms with Gasteiger partial charge < -0.3 is 4.90 Å². The van der Waals surface area contributed by atoms with E-state index in [1.54, 1.807) is 0 Å². The van der Waals surface area contributed by atoms with E-state index in [2.05, 4.69) is 43.0 Å². The molecule has 0 bridgehead atoms. The minimum atomic E-state index is 0. The summed E-state index contributed by atoms with van der Waals surface area (Å²) in [5.74, 6) is 1.07. The van der Waals surface area contributed by atoms with E-state index < -0.39 is 0 Å². The van der Waals surface area contributed by atoms with E-state index in [1.807, 2.05) is 42.1 Å². The van der Waals surface area contributed by atoms with Gasteiger partial charge in [-0.3, -0.25) is 0 Å². The van der Waals surface area contributed by atoms with Gasteiger partial charge in [-0.25, -0.2) is 4.98 Å². The molecular formula is C21H24Cl2N2S. The lowest BCUT2D eigenvalue weighted by Gasteiger charge is -2.18. The molecule has 0 N–H and O–H groups in total. The number of pyridine rings is 1. The van der Waals surface area contributed by atoms with Gasteiger partial charge in [-0.15, -0.1) is 24.2 Å². The van der Waals surface area contributed by atoms with E-state index in [0.29, 0.717) is 0 Å². The van der Waals surface area contributed by atoms with E-state index in [0.717, 1.165) is 47.2 Å². The summed E-state index contributed by atoms with van der Waals surface area (Å²) < 4.78 is 0. The summed E-state index contributed by atoms with van der Waals surface area (Å²) in [6, 6.07) is 18.5. The van der Waals surface area contributed by atoms with E-state index in [1.165, 1.54) is 10.3 Å². The number of thioether (sulfide) groups is 1. The molecule has 0 aliphatic carbocycles. The summed E-state index contributed by atoms with van der Waals surface area (Å²) >= 11 is 8.10. The Hall–Kier alpha value is -1.26. The molecule has 1 aromatic heterocycles. The van der Waals surface area contributed by atoms with Crippen LogP contribution in [0.5, 0.6) is 0 Å². The van der Waals surface area contributed by atoms with Crippen molar-refractivity contribution in [1.82, 2.24) is 9.88 Å². The zero-order valence-corrected chi connectivity index (χ0v) is 17.5. The van der Waals surface area contributed by atoms with Crippen LogP contribution in [0, 0.1) is 0 Å². The molecule has 0 unspecified atom stereocenters. The Morgan fingerprint density at radius 3 is 2.42 bits per heavy atom. The Morgan fingerprint density at radius 1 is 1.00 bits per heavy atom. The molecule has 138 valence electrons. The third kappa shape index (κ3) is 5.14. The molecule has 2 aromatic carbocycles. The van der Waals surface area contributed by atoms with Crippen molar-refractivity contribution in [2.75, 3.05) is 25.4 Å². The van der Waals surface area contributed by atoms with Crippen molar-refractivity contribution in [1.29, 1.82) is 0 Å². The van der Waals surface area contributed by atoms with Crippen LogP contribution in [-0.4, -0.2) is 35.3 Å². The zero-order valence-electron chi connectivity index (χ0n) is 15.1. The van der Waals surface area contributed by atoms with Crippen LogP contribution < -0.4 is 0 Å². The highest BCUT2D eigenvalue weighted by Gasteiger charge is 2.09. The summed E-state index contributed by atoms with van der Waals surface area (Å²) in [6.45, 7) is 7.71. The molecule has 2 nitrogen and oxygen atoms in total. The number of fused-ring (bicyclic) bond motifs is 1. The second-order valence-corrected chi connectivity index (χ2v) is 7.48. The Morgan fingerprint density at radius 2 is 1.73 bits per heavy atom. The van der Waals surface area contributed by atoms with Gasteiger partial charge in [0.05, 0.1) is 11.2 Å². The van der Waals surface area contributed by atoms with E-state index in [-0.39, 0.29) is 12.4 Å². The van der Waals surface area contributed by atoms with Gasteiger partial charge in [0.15, 0.2) is 0 Å². The maximum atomic E-state index is 6.20. The third-order valence-electron chi connectivity index (χ3n) is 4.36. The van der Waals surface area contributed by atoms with Crippen LogP contribution in [0.1, 0.15) is 13.8 Å². The average molecular weight is 407 g/mol. The molecular weight excluding hydrogens is 383 g/mol. The molecule has 0 aliphatic rings. The normalized spacial score (nSPS) is 10.9. The first-order chi connectivity index (χ1) is 12.2. The predicted octanol–water partition coefficient (Wildman–Crippen LogP) is 6.41. The van der Waals surface area contributed by atoms with Crippen LogP contribution in [0.2, 0.25) is 5.02 Å². The summed E-state index contributed by atoms with van der Waals surface area (Å²) in [5.41, 5.74) is 3.09.